The van der Waals surface area contributed by atoms with Gasteiger partial charge in [0, 0.05) is 16.8 Å². The van der Waals surface area contributed by atoms with E-state index in [0.29, 0.717) is 28.1 Å². The number of para-hydroxylation sites is 2. The van der Waals surface area contributed by atoms with Crippen LogP contribution in [0.1, 0.15) is 11.1 Å². The number of benzene rings is 3. The Bertz CT molecular complexity index is 1330. The molecule has 2 heterocycles. The van der Waals surface area contributed by atoms with Gasteiger partial charge in [0.2, 0.25) is 5.71 Å². The molecule has 2 aromatic heterocycles. The molecule has 0 aliphatic heterocycles. The average Bonchev–Trinajstić information content (AvgIpc) is 3.05. The lowest BCUT2D eigenvalue weighted by Gasteiger charge is -2.08. The van der Waals surface area contributed by atoms with E-state index < -0.39 is 0 Å². The van der Waals surface area contributed by atoms with Crippen molar-refractivity contribution < 1.29 is 4.42 Å². The molecule has 0 atom stereocenters. The van der Waals surface area contributed by atoms with Crippen LogP contribution >= 0.6 is 11.6 Å². The van der Waals surface area contributed by atoms with Crippen LogP contribution in [-0.2, 0) is 6.42 Å². The van der Waals surface area contributed by atoms with Crippen LogP contribution in [0.5, 0.6) is 0 Å². The summed E-state index contributed by atoms with van der Waals surface area (Å²) in [6.07, 6.45) is 0.515. The molecule has 3 nitrogen and oxygen atoms in total. The summed E-state index contributed by atoms with van der Waals surface area (Å²) >= 11 is 6.21. The zero-order chi connectivity index (χ0) is 17.7. The van der Waals surface area contributed by atoms with Crippen molar-refractivity contribution in [1.29, 1.82) is 0 Å². The summed E-state index contributed by atoms with van der Waals surface area (Å²) in [6.45, 7) is 0. The Morgan fingerprint density at radius 2 is 1.65 bits per heavy atom. The first-order valence-corrected chi connectivity index (χ1v) is 8.78. The van der Waals surface area contributed by atoms with Gasteiger partial charge in [-0.15, -0.1) is 0 Å². The normalized spacial score (nSPS) is 11.6. The summed E-state index contributed by atoms with van der Waals surface area (Å²) in [5.41, 5.74) is 4.72. The highest BCUT2D eigenvalue weighted by Gasteiger charge is 2.18. The Morgan fingerprint density at radius 1 is 0.885 bits per heavy atom. The summed E-state index contributed by atoms with van der Waals surface area (Å²) < 4.78 is 8.10. The quantitative estimate of drug-likeness (QED) is 0.420. The molecule has 26 heavy (non-hydrogen) atoms. The Labute approximate surface area is 154 Å². The van der Waals surface area contributed by atoms with Gasteiger partial charge in [0.05, 0.1) is 16.6 Å². The fourth-order valence-electron chi connectivity index (χ4n) is 3.52. The lowest BCUT2D eigenvalue weighted by Crippen LogP contribution is -2.13. The molecule has 0 saturated heterocycles. The second-order valence-electron chi connectivity index (χ2n) is 6.34. The predicted molar refractivity (Wildman–Crippen MR) is 105 cm³/mol. The van der Waals surface area contributed by atoms with Crippen molar-refractivity contribution in [2.24, 2.45) is 0 Å². The molecule has 5 aromatic rings. The molecule has 0 N–H and O–H groups in total. The van der Waals surface area contributed by atoms with Crippen molar-refractivity contribution in [3.8, 4) is 0 Å². The van der Waals surface area contributed by atoms with Gasteiger partial charge >= 0.3 is 0 Å². The van der Waals surface area contributed by atoms with Crippen LogP contribution in [0.15, 0.2) is 82.0 Å². The maximum atomic E-state index is 13.2. The SMILES string of the molecule is O=c1c(Cc2ccccc2)c2oc3ccccc3n2c2cc(Cl)ccc12. The fraction of sp³-hybridized carbons (Fsp3) is 0.0455. The third kappa shape index (κ3) is 2.25. The maximum absolute atomic E-state index is 13.2. The van der Waals surface area contributed by atoms with Gasteiger partial charge in [-0.3, -0.25) is 9.20 Å². The molecule has 0 radical (unpaired) electrons. The molecule has 0 bridgehead atoms. The molecule has 4 heteroatoms. The van der Waals surface area contributed by atoms with Crippen LogP contribution in [0.25, 0.3) is 27.7 Å². The van der Waals surface area contributed by atoms with Crippen molar-refractivity contribution in [3.05, 3.63) is 99.2 Å². The van der Waals surface area contributed by atoms with Gasteiger partial charge < -0.3 is 4.42 Å². The summed E-state index contributed by atoms with van der Waals surface area (Å²) in [4.78, 5) is 13.2. The van der Waals surface area contributed by atoms with Crippen LogP contribution in [0, 0.1) is 0 Å². The number of nitrogens with zero attached hydrogens (tertiary/aromatic N) is 1. The summed E-state index contributed by atoms with van der Waals surface area (Å²) in [5.74, 6) is 0. The number of aromatic nitrogens is 1. The molecule has 0 aliphatic rings. The van der Waals surface area contributed by atoms with Crippen LogP contribution in [-0.4, -0.2) is 4.40 Å². The van der Waals surface area contributed by atoms with Crippen LogP contribution in [0.3, 0.4) is 0 Å². The summed E-state index contributed by atoms with van der Waals surface area (Å²) in [6, 6.07) is 23.1. The van der Waals surface area contributed by atoms with Gasteiger partial charge in [0.1, 0.15) is 0 Å². The van der Waals surface area contributed by atoms with E-state index >= 15 is 0 Å². The van der Waals surface area contributed by atoms with E-state index in [9.17, 15) is 4.79 Å². The van der Waals surface area contributed by atoms with Crippen molar-refractivity contribution >= 4 is 39.3 Å². The van der Waals surface area contributed by atoms with Crippen molar-refractivity contribution in [3.63, 3.8) is 0 Å². The number of hydrogen-bond donors (Lipinski definition) is 0. The van der Waals surface area contributed by atoms with E-state index in [4.69, 9.17) is 16.0 Å². The molecule has 0 spiro atoms. The van der Waals surface area contributed by atoms with E-state index in [0.717, 1.165) is 22.2 Å². The van der Waals surface area contributed by atoms with E-state index in [2.05, 4.69) is 0 Å². The van der Waals surface area contributed by atoms with Crippen LogP contribution in [0.4, 0.5) is 0 Å². The first kappa shape index (κ1) is 15.2. The molecule has 0 saturated carbocycles. The zero-order valence-electron chi connectivity index (χ0n) is 13.8. The Kier molecular flexibility index (Phi) is 3.37. The molecule has 5 rings (SSSR count). The highest BCUT2D eigenvalue weighted by Crippen LogP contribution is 2.28. The predicted octanol–water partition coefficient (Wildman–Crippen LogP) is 5.44. The molecular weight excluding hydrogens is 346 g/mol. The van der Waals surface area contributed by atoms with Crippen LogP contribution in [0.2, 0.25) is 5.02 Å². The minimum Gasteiger partial charge on any atom is -0.438 e. The number of fused-ring (bicyclic) bond motifs is 5. The van der Waals surface area contributed by atoms with E-state index in [-0.39, 0.29) is 5.43 Å². The Balaban J connectivity index is 1.96. The Morgan fingerprint density at radius 3 is 2.50 bits per heavy atom. The minimum atomic E-state index is -0.0143. The molecule has 0 aliphatic carbocycles. The lowest BCUT2D eigenvalue weighted by molar-refractivity contribution is 0.649. The third-order valence-electron chi connectivity index (χ3n) is 4.72. The molecule has 126 valence electrons. The van der Waals surface area contributed by atoms with E-state index in [1.165, 1.54) is 0 Å². The first-order chi connectivity index (χ1) is 12.7. The fourth-order valence-corrected chi connectivity index (χ4v) is 3.69. The highest BCUT2D eigenvalue weighted by molar-refractivity contribution is 6.31. The topological polar surface area (TPSA) is 34.6 Å². The van der Waals surface area contributed by atoms with Crippen molar-refractivity contribution in [2.45, 2.75) is 6.42 Å². The number of halogens is 1. The smallest absolute Gasteiger partial charge is 0.212 e. The number of oxazole rings is 1. The lowest BCUT2D eigenvalue weighted by atomic mass is 10.0. The largest absolute Gasteiger partial charge is 0.438 e. The van der Waals surface area contributed by atoms with Gasteiger partial charge in [-0.25, -0.2) is 0 Å². The zero-order valence-corrected chi connectivity index (χ0v) is 14.5. The van der Waals surface area contributed by atoms with Gasteiger partial charge in [-0.2, -0.15) is 0 Å². The standard InChI is InChI=1S/C22H14ClNO2/c23-15-10-11-16-19(13-15)24-18-8-4-5-9-20(18)26-22(24)17(21(16)25)12-14-6-2-1-3-7-14/h1-11,13H,12H2. The van der Waals surface area contributed by atoms with Gasteiger partial charge in [-0.1, -0.05) is 54.1 Å². The molecule has 0 amide bonds. The van der Waals surface area contributed by atoms with Crippen molar-refractivity contribution in [1.82, 2.24) is 4.40 Å². The average molecular weight is 360 g/mol. The highest BCUT2D eigenvalue weighted by atomic mass is 35.5. The molecule has 0 unspecified atom stereocenters. The van der Waals surface area contributed by atoms with Gasteiger partial charge in [0.15, 0.2) is 11.0 Å². The number of pyridine rings is 1. The van der Waals surface area contributed by atoms with Gasteiger partial charge in [-0.05, 0) is 35.9 Å². The van der Waals surface area contributed by atoms with Gasteiger partial charge in [0.25, 0.3) is 0 Å². The summed E-state index contributed by atoms with van der Waals surface area (Å²) in [5, 5.41) is 1.23. The maximum Gasteiger partial charge on any atom is 0.212 e. The Hall–Kier alpha value is -3.04. The molecule has 0 fully saturated rings. The number of hydrogen-bond acceptors (Lipinski definition) is 2. The molecular formula is C22H14ClNO2. The second kappa shape index (κ2) is 5.75. The minimum absolute atomic E-state index is 0.0143. The van der Waals surface area contributed by atoms with E-state index in [1.54, 1.807) is 12.1 Å². The second-order valence-corrected chi connectivity index (χ2v) is 6.78. The number of rotatable bonds is 2. The first-order valence-electron chi connectivity index (χ1n) is 8.41. The molecule has 3 aromatic carbocycles. The summed E-state index contributed by atoms with van der Waals surface area (Å²) in [7, 11) is 0. The third-order valence-corrected chi connectivity index (χ3v) is 4.95. The van der Waals surface area contributed by atoms with Crippen LogP contribution < -0.4 is 5.43 Å². The monoisotopic (exact) mass is 359 g/mol. The van der Waals surface area contributed by atoms with E-state index in [1.807, 2.05) is 65.1 Å². The van der Waals surface area contributed by atoms with Crippen molar-refractivity contribution in [2.75, 3.05) is 0 Å².